The zero-order chi connectivity index (χ0) is 15.1. The summed E-state index contributed by atoms with van der Waals surface area (Å²) < 4.78 is 4.97. The molecule has 0 aliphatic heterocycles. The Bertz CT molecular complexity index is 506. The molecule has 8 nitrogen and oxygen atoms in total. The highest BCUT2D eigenvalue weighted by atomic mass is 32.1. The number of nitrogens with zero attached hydrogens (tertiary/aromatic N) is 2. The van der Waals surface area contributed by atoms with Crippen LogP contribution in [0.2, 0.25) is 0 Å². The smallest absolute Gasteiger partial charge is 0.416 e. The fourth-order valence-corrected chi connectivity index (χ4v) is 1.55. The average molecular weight is 298 g/mol. The molecule has 0 radical (unpaired) electrons. The number of carbonyl (C=O) groups is 1. The number of guanidine groups is 1. The van der Waals surface area contributed by atoms with Gasteiger partial charge in [-0.3, -0.25) is 15.5 Å². The first-order chi connectivity index (χ1) is 9.45. The first-order valence-corrected chi connectivity index (χ1v) is 6.21. The lowest BCUT2D eigenvalue weighted by Crippen LogP contribution is -2.42. The second-order valence-corrected chi connectivity index (χ2v) is 4.19. The topological polar surface area (TPSA) is 123 Å². The number of nitro benzene ring substituents is 1. The maximum atomic E-state index is 11.7. The fraction of sp³-hybridized carbons (Fsp3) is 0.273. The zero-order valence-corrected chi connectivity index (χ0v) is 11.4. The molecule has 0 atom stereocenters. The molecule has 0 spiro atoms. The van der Waals surface area contributed by atoms with E-state index in [0.717, 1.165) is 4.90 Å². The average Bonchev–Trinajstić information content (AvgIpc) is 2.42. The number of benzene rings is 1. The van der Waals surface area contributed by atoms with Crippen molar-refractivity contribution in [3.8, 4) is 0 Å². The molecule has 108 valence electrons. The molecule has 0 aliphatic rings. The van der Waals surface area contributed by atoms with E-state index in [1.165, 1.54) is 24.3 Å². The van der Waals surface area contributed by atoms with Crippen LogP contribution in [0.4, 0.5) is 10.5 Å². The normalized spacial score (nSPS) is 9.85. The minimum absolute atomic E-state index is 0.0412. The molecule has 0 unspecified atom stereocenters. The lowest BCUT2D eigenvalue weighted by molar-refractivity contribution is -0.384. The first kappa shape index (κ1) is 15.8. The largest absolute Gasteiger partial charge is 0.444 e. The van der Waals surface area contributed by atoms with Crippen molar-refractivity contribution in [3.63, 3.8) is 0 Å². The van der Waals surface area contributed by atoms with Gasteiger partial charge in [-0.05, 0) is 17.7 Å². The molecule has 0 fully saturated rings. The second-order valence-electron chi connectivity index (χ2n) is 3.74. The summed E-state index contributed by atoms with van der Waals surface area (Å²) in [5.74, 6) is -0.0839. The van der Waals surface area contributed by atoms with E-state index in [9.17, 15) is 14.9 Å². The summed E-state index contributed by atoms with van der Waals surface area (Å²) >= 11 is 3.95. The van der Waals surface area contributed by atoms with Gasteiger partial charge in [0.25, 0.3) is 5.69 Å². The fourth-order valence-electron chi connectivity index (χ4n) is 1.35. The third-order valence-corrected chi connectivity index (χ3v) is 2.54. The van der Waals surface area contributed by atoms with Crippen LogP contribution >= 0.6 is 12.6 Å². The van der Waals surface area contributed by atoms with E-state index in [0.29, 0.717) is 11.3 Å². The van der Waals surface area contributed by atoms with Gasteiger partial charge in [0.05, 0.1) is 4.92 Å². The van der Waals surface area contributed by atoms with Gasteiger partial charge in [-0.25, -0.2) is 9.69 Å². The van der Waals surface area contributed by atoms with E-state index >= 15 is 0 Å². The van der Waals surface area contributed by atoms with Crippen molar-refractivity contribution in [2.45, 2.75) is 6.61 Å². The molecule has 3 N–H and O–H groups in total. The molecular formula is C11H14N4O4S. The summed E-state index contributed by atoms with van der Waals surface area (Å²) in [7, 11) is 0. The van der Waals surface area contributed by atoms with Crippen LogP contribution in [-0.4, -0.2) is 34.2 Å². The molecule has 0 saturated heterocycles. The van der Waals surface area contributed by atoms with Gasteiger partial charge in [0, 0.05) is 24.4 Å². The minimum atomic E-state index is -0.759. The SMILES string of the molecule is N=C(N)N(CCS)C(=O)OCc1ccc([N+](=O)[O-])cc1. The number of rotatable bonds is 5. The molecule has 9 heteroatoms. The molecule has 0 aromatic heterocycles. The van der Waals surface area contributed by atoms with Crippen molar-refractivity contribution in [3.05, 3.63) is 39.9 Å². The standard InChI is InChI=1S/C11H14N4O4S/c12-10(13)14(5-6-20)11(16)19-7-8-1-3-9(4-2-8)15(17)18/h1-4,20H,5-7H2,(H3,12,13). The van der Waals surface area contributed by atoms with Gasteiger partial charge in [0.2, 0.25) is 0 Å². The highest BCUT2D eigenvalue weighted by molar-refractivity contribution is 7.80. The number of carbonyl (C=O) groups excluding carboxylic acids is 1. The van der Waals surface area contributed by atoms with Crippen LogP contribution in [-0.2, 0) is 11.3 Å². The quantitative estimate of drug-likeness (QED) is 0.249. The van der Waals surface area contributed by atoms with E-state index in [4.69, 9.17) is 15.9 Å². The molecule has 1 rings (SSSR count). The number of non-ortho nitro benzene ring substituents is 1. The number of amides is 1. The Hall–Kier alpha value is -2.29. The minimum Gasteiger partial charge on any atom is -0.444 e. The number of ether oxygens (including phenoxy) is 1. The predicted octanol–water partition coefficient (Wildman–Crippen LogP) is 1.36. The van der Waals surface area contributed by atoms with Crippen LogP contribution in [0.3, 0.4) is 0 Å². The third-order valence-electron chi connectivity index (χ3n) is 2.34. The van der Waals surface area contributed by atoms with E-state index in [1.807, 2.05) is 0 Å². The molecular weight excluding hydrogens is 284 g/mol. The van der Waals surface area contributed by atoms with E-state index in [1.54, 1.807) is 0 Å². The Morgan fingerprint density at radius 2 is 2.05 bits per heavy atom. The van der Waals surface area contributed by atoms with Crippen LogP contribution in [0, 0.1) is 15.5 Å². The number of hydrogen-bond acceptors (Lipinski definition) is 6. The van der Waals surface area contributed by atoms with Crippen LogP contribution < -0.4 is 5.73 Å². The van der Waals surface area contributed by atoms with Gasteiger partial charge < -0.3 is 10.5 Å². The number of nitrogens with two attached hydrogens (primary N) is 1. The third kappa shape index (κ3) is 4.43. The molecule has 0 heterocycles. The molecule has 1 aromatic carbocycles. The van der Waals surface area contributed by atoms with Crippen molar-refractivity contribution < 1.29 is 14.5 Å². The molecule has 1 amide bonds. The van der Waals surface area contributed by atoms with Gasteiger partial charge >= 0.3 is 6.09 Å². The Morgan fingerprint density at radius 1 is 1.45 bits per heavy atom. The Balaban J connectivity index is 2.59. The molecule has 20 heavy (non-hydrogen) atoms. The second kappa shape index (κ2) is 7.34. The summed E-state index contributed by atoms with van der Waals surface area (Å²) in [4.78, 5) is 22.6. The summed E-state index contributed by atoms with van der Waals surface area (Å²) in [6.07, 6.45) is -0.759. The molecule has 1 aromatic rings. The predicted molar refractivity (Wildman–Crippen MR) is 75.8 cm³/mol. The lowest BCUT2D eigenvalue weighted by atomic mass is 10.2. The highest BCUT2D eigenvalue weighted by Crippen LogP contribution is 2.12. The van der Waals surface area contributed by atoms with E-state index in [-0.39, 0.29) is 18.8 Å². The first-order valence-electron chi connectivity index (χ1n) is 5.58. The van der Waals surface area contributed by atoms with Gasteiger partial charge in [0.1, 0.15) is 6.61 Å². The zero-order valence-electron chi connectivity index (χ0n) is 10.5. The lowest BCUT2D eigenvalue weighted by Gasteiger charge is -2.18. The Labute approximate surface area is 120 Å². The number of nitrogens with one attached hydrogen (secondary N) is 1. The van der Waals surface area contributed by atoms with Crippen LogP contribution in [0.25, 0.3) is 0 Å². The van der Waals surface area contributed by atoms with E-state index < -0.39 is 17.0 Å². The van der Waals surface area contributed by atoms with Gasteiger partial charge in [-0.1, -0.05) is 0 Å². The van der Waals surface area contributed by atoms with Gasteiger partial charge in [0.15, 0.2) is 5.96 Å². The summed E-state index contributed by atoms with van der Waals surface area (Å²) in [6.45, 7) is 0.102. The van der Waals surface area contributed by atoms with Crippen LogP contribution in [0.15, 0.2) is 24.3 Å². The van der Waals surface area contributed by atoms with Crippen molar-refractivity contribution in [2.75, 3.05) is 12.3 Å². The van der Waals surface area contributed by atoms with Crippen LogP contribution in [0.5, 0.6) is 0 Å². The Morgan fingerprint density at radius 3 is 2.50 bits per heavy atom. The summed E-state index contributed by atoms with van der Waals surface area (Å²) in [6, 6.07) is 5.61. The van der Waals surface area contributed by atoms with Crippen molar-refractivity contribution in [1.82, 2.24) is 4.90 Å². The molecule has 0 bridgehead atoms. The maximum absolute atomic E-state index is 11.7. The number of hydrogen-bond donors (Lipinski definition) is 3. The maximum Gasteiger partial charge on any atom is 0.416 e. The Kier molecular flexibility index (Phi) is 5.78. The van der Waals surface area contributed by atoms with Crippen molar-refractivity contribution in [1.29, 1.82) is 5.41 Å². The van der Waals surface area contributed by atoms with Crippen molar-refractivity contribution >= 4 is 30.4 Å². The van der Waals surface area contributed by atoms with Gasteiger partial charge in [-0.2, -0.15) is 12.6 Å². The number of nitro groups is 1. The molecule has 0 aliphatic carbocycles. The highest BCUT2D eigenvalue weighted by Gasteiger charge is 2.17. The summed E-state index contributed by atoms with van der Waals surface area (Å²) in [5, 5.41) is 17.7. The number of thiol groups is 1. The van der Waals surface area contributed by atoms with E-state index in [2.05, 4.69) is 12.6 Å². The monoisotopic (exact) mass is 298 g/mol. The molecule has 0 saturated carbocycles. The van der Waals surface area contributed by atoms with Crippen molar-refractivity contribution in [2.24, 2.45) is 5.73 Å². The summed E-state index contributed by atoms with van der Waals surface area (Å²) in [5.41, 5.74) is 5.80. The van der Waals surface area contributed by atoms with Gasteiger partial charge in [-0.15, -0.1) is 0 Å². The van der Waals surface area contributed by atoms with Crippen LogP contribution in [0.1, 0.15) is 5.56 Å².